The summed E-state index contributed by atoms with van der Waals surface area (Å²) in [6.45, 7) is 1.91. The molecule has 0 saturated heterocycles. The van der Waals surface area contributed by atoms with Crippen molar-refractivity contribution in [1.82, 2.24) is 10.3 Å². The number of rotatable bonds is 5. The molecule has 7 heteroatoms. The van der Waals surface area contributed by atoms with Crippen LogP contribution in [0.2, 0.25) is 0 Å². The molecule has 2 amide bonds. The van der Waals surface area contributed by atoms with Crippen LogP contribution in [0.25, 0.3) is 0 Å². The second-order valence-electron chi connectivity index (χ2n) is 4.60. The fourth-order valence-corrected chi connectivity index (χ4v) is 2.51. The third-order valence-corrected chi connectivity index (χ3v) is 3.47. The third kappa shape index (κ3) is 4.57. The first-order valence-electron chi connectivity index (χ1n) is 6.31. The van der Waals surface area contributed by atoms with Gasteiger partial charge in [-0.3, -0.25) is 4.98 Å². The molecule has 0 bridgehead atoms. The van der Waals surface area contributed by atoms with Gasteiger partial charge in [-0.25, -0.2) is 9.59 Å². The lowest BCUT2D eigenvalue weighted by Gasteiger charge is -2.14. The summed E-state index contributed by atoms with van der Waals surface area (Å²) < 4.78 is 0. The maximum Gasteiger partial charge on any atom is 0.337 e. The van der Waals surface area contributed by atoms with E-state index in [4.69, 9.17) is 5.11 Å². The summed E-state index contributed by atoms with van der Waals surface area (Å²) in [7, 11) is 0. The molecule has 2 aromatic rings. The van der Waals surface area contributed by atoms with Crippen LogP contribution in [0.15, 0.2) is 35.3 Å². The van der Waals surface area contributed by atoms with Gasteiger partial charge in [0.05, 0.1) is 17.4 Å². The van der Waals surface area contributed by atoms with Crippen molar-refractivity contribution in [3.05, 3.63) is 46.4 Å². The van der Waals surface area contributed by atoms with Gasteiger partial charge in [-0.15, -0.1) is 0 Å². The highest BCUT2D eigenvalue weighted by Gasteiger charge is 2.10. The summed E-state index contributed by atoms with van der Waals surface area (Å²) >= 11 is 1.62. The zero-order valence-corrected chi connectivity index (χ0v) is 12.2. The fourth-order valence-electron chi connectivity index (χ4n) is 1.83. The smallest absolute Gasteiger partial charge is 0.337 e. The van der Waals surface area contributed by atoms with E-state index in [9.17, 15) is 9.59 Å². The van der Waals surface area contributed by atoms with Crippen LogP contribution < -0.4 is 10.6 Å². The quantitative estimate of drug-likeness (QED) is 0.792. The Kier molecular flexibility index (Phi) is 4.89. The van der Waals surface area contributed by atoms with Gasteiger partial charge < -0.3 is 15.7 Å². The molecular formula is C14H15N3O3S. The van der Waals surface area contributed by atoms with Crippen LogP contribution in [0.4, 0.5) is 10.5 Å². The molecule has 2 aromatic heterocycles. The molecule has 1 atom stereocenters. The van der Waals surface area contributed by atoms with Gasteiger partial charge in [0.1, 0.15) is 0 Å². The van der Waals surface area contributed by atoms with E-state index < -0.39 is 5.97 Å². The molecule has 0 fully saturated rings. The number of anilines is 1. The van der Waals surface area contributed by atoms with Crippen LogP contribution in [-0.4, -0.2) is 28.1 Å². The Hall–Kier alpha value is -2.41. The monoisotopic (exact) mass is 305 g/mol. The molecule has 0 saturated carbocycles. The van der Waals surface area contributed by atoms with E-state index in [2.05, 4.69) is 15.6 Å². The van der Waals surface area contributed by atoms with Crippen LogP contribution >= 0.6 is 11.3 Å². The highest BCUT2D eigenvalue weighted by Crippen LogP contribution is 2.10. The van der Waals surface area contributed by atoms with E-state index >= 15 is 0 Å². The minimum atomic E-state index is -1.09. The van der Waals surface area contributed by atoms with Crippen molar-refractivity contribution in [3.8, 4) is 0 Å². The van der Waals surface area contributed by atoms with Crippen molar-refractivity contribution >= 4 is 29.0 Å². The highest BCUT2D eigenvalue weighted by molar-refractivity contribution is 7.07. The van der Waals surface area contributed by atoms with Gasteiger partial charge in [-0.1, -0.05) is 0 Å². The lowest BCUT2D eigenvalue weighted by molar-refractivity contribution is 0.0696. The van der Waals surface area contributed by atoms with E-state index in [0.717, 1.165) is 6.42 Å². The summed E-state index contributed by atoms with van der Waals surface area (Å²) in [6.07, 6.45) is 3.37. The number of carboxylic acids is 1. The van der Waals surface area contributed by atoms with Crippen molar-refractivity contribution in [2.75, 3.05) is 5.32 Å². The molecule has 0 radical (unpaired) electrons. The van der Waals surface area contributed by atoms with Crippen LogP contribution in [0.3, 0.4) is 0 Å². The molecule has 3 N–H and O–H groups in total. The number of thiophene rings is 1. The number of aromatic nitrogens is 1. The predicted molar refractivity (Wildman–Crippen MR) is 80.8 cm³/mol. The van der Waals surface area contributed by atoms with Crippen molar-refractivity contribution in [2.45, 2.75) is 19.4 Å². The van der Waals surface area contributed by atoms with Crippen molar-refractivity contribution in [2.24, 2.45) is 0 Å². The fraction of sp³-hybridized carbons (Fsp3) is 0.214. The van der Waals surface area contributed by atoms with Crippen molar-refractivity contribution < 1.29 is 14.7 Å². The topological polar surface area (TPSA) is 91.3 Å². The molecule has 2 heterocycles. The SMILES string of the molecule is CC(Cc1ccsc1)NC(=O)Nc1cncc(C(=O)O)c1. The molecule has 0 aliphatic heterocycles. The Morgan fingerprint density at radius 2 is 2.24 bits per heavy atom. The highest BCUT2D eigenvalue weighted by atomic mass is 32.1. The zero-order chi connectivity index (χ0) is 15.2. The number of aromatic carboxylic acids is 1. The largest absolute Gasteiger partial charge is 0.478 e. The summed E-state index contributed by atoms with van der Waals surface area (Å²) in [5.41, 5.74) is 1.54. The number of carbonyl (C=O) groups is 2. The number of carboxylic acid groups (broad SMARTS) is 1. The van der Waals surface area contributed by atoms with Gasteiger partial charge in [-0.05, 0) is 41.8 Å². The van der Waals surface area contributed by atoms with Crippen molar-refractivity contribution in [3.63, 3.8) is 0 Å². The molecule has 21 heavy (non-hydrogen) atoms. The first-order valence-corrected chi connectivity index (χ1v) is 7.26. The van der Waals surface area contributed by atoms with Gasteiger partial charge in [0.2, 0.25) is 0 Å². The van der Waals surface area contributed by atoms with E-state index in [1.165, 1.54) is 24.0 Å². The van der Waals surface area contributed by atoms with Gasteiger partial charge in [0.15, 0.2) is 0 Å². The Morgan fingerprint density at radius 1 is 1.43 bits per heavy atom. The van der Waals surface area contributed by atoms with Crippen molar-refractivity contribution in [1.29, 1.82) is 0 Å². The second-order valence-corrected chi connectivity index (χ2v) is 5.38. The average molecular weight is 305 g/mol. The zero-order valence-electron chi connectivity index (χ0n) is 11.4. The van der Waals surface area contributed by atoms with Gasteiger partial charge in [0.25, 0.3) is 0 Å². The summed E-state index contributed by atoms with van der Waals surface area (Å²) in [6, 6.07) is 2.96. The van der Waals surface area contributed by atoms with E-state index in [1.807, 2.05) is 23.8 Å². The van der Waals surface area contributed by atoms with Gasteiger partial charge >= 0.3 is 12.0 Å². The average Bonchev–Trinajstić information content (AvgIpc) is 2.91. The summed E-state index contributed by atoms with van der Waals surface area (Å²) in [5.74, 6) is -1.09. The van der Waals surface area contributed by atoms with E-state index in [-0.39, 0.29) is 17.6 Å². The lowest BCUT2D eigenvalue weighted by Crippen LogP contribution is -2.37. The molecule has 0 aliphatic carbocycles. The van der Waals surface area contributed by atoms with Gasteiger partial charge in [0, 0.05) is 12.2 Å². The molecule has 0 aromatic carbocycles. The molecule has 2 rings (SSSR count). The molecule has 110 valence electrons. The summed E-state index contributed by atoms with van der Waals surface area (Å²) in [4.78, 5) is 26.4. The summed E-state index contributed by atoms with van der Waals surface area (Å²) in [5, 5.41) is 18.3. The number of urea groups is 1. The molecule has 0 aliphatic rings. The molecular weight excluding hydrogens is 290 g/mol. The number of pyridine rings is 1. The van der Waals surface area contributed by atoms with Crippen LogP contribution in [0.5, 0.6) is 0 Å². The first kappa shape index (κ1) is 15.0. The maximum absolute atomic E-state index is 11.8. The Morgan fingerprint density at radius 3 is 2.90 bits per heavy atom. The number of hydrogen-bond acceptors (Lipinski definition) is 4. The number of hydrogen-bond donors (Lipinski definition) is 3. The van der Waals surface area contributed by atoms with Crippen LogP contribution in [0.1, 0.15) is 22.8 Å². The number of carbonyl (C=O) groups excluding carboxylic acids is 1. The minimum absolute atomic E-state index is 0.0270. The van der Waals surface area contributed by atoms with Crippen LogP contribution in [0, 0.1) is 0 Å². The first-order chi connectivity index (χ1) is 10.0. The lowest BCUT2D eigenvalue weighted by atomic mass is 10.1. The number of nitrogens with zero attached hydrogens (tertiary/aromatic N) is 1. The Labute approximate surface area is 125 Å². The standard InChI is InChI=1S/C14H15N3O3S/c1-9(4-10-2-3-21-8-10)16-14(20)17-12-5-11(13(18)19)6-15-7-12/h2-3,5-9H,4H2,1H3,(H,18,19)(H2,16,17,20). The van der Waals surface area contributed by atoms with Gasteiger partial charge in [-0.2, -0.15) is 11.3 Å². The predicted octanol–water partition coefficient (Wildman–Crippen LogP) is 2.59. The Bertz CT molecular complexity index is 628. The number of nitrogens with one attached hydrogen (secondary N) is 2. The third-order valence-electron chi connectivity index (χ3n) is 2.74. The minimum Gasteiger partial charge on any atom is -0.478 e. The Balaban J connectivity index is 1.89. The normalized spacial score (nSPS) is 11.7. The molecule has 1 unspecified atom stereocenters. The van der Waals surface area contributed by atoms with E-state index in [1.54, 1.807) is 11.3 Å². The molecule has 6 nitrogen and oxygen atoms in total. The maximum atomic E-state index is 11.8. The van der Waals surface area contributed by atoms with E-state index in [0.29, 0.717) is 5.69 Å². The second kappa shape index (κ2) is 6.85. The van der Waals surface area contributed by atoms with Crippen LogP contribution in [-0.2, 0) is 6.42 Å². The molecule has 0 spiro atoms. The number of amides is 2.